The van der Waals surface area contributed by atoms with E-state index in [0.29, 0.717) is 17.1 Å². The van der Waals surface area contributed by atoms with Crippen LogP contribution in [0, 0.1) is 23.1 Å². The van der Waals surface area contributed by atoms with Crippen LogP contribution in [-0.2, 0) is 5.41 Å². The molecule has 5 nitrogen and oxygen atoms in total. The van der Waals surface area contributed by atoms with Gasteiger partial charge in [0, 0.05) is 11.5 Å². The number of carbonyl (C=O) groups is 1. The molecule has 0 aliphatic carbocycles. The van der Waals surface area contributed by atoms with E-state index in [1.54, 1.807) is 26.4 Å². The van der Waals surface area contributed by atoms with Crippen LogP contribution >= 0.6 is 0 Å². The zero-order valence-electron chi connectivity index (χ0n) is 27.6. The van der Waals surface area contributed by atoms with E-state index < -0.39 is 5.41 Å². The summed E-state index contributed by atoms with van der Waals surface area (Å²) in [6.45, 7) is 5.12. The van der Waals surface area contributed by atoms with Crippen molar-refractivity contribution in [3.8, 4) is 17.6 Å². The Morgan fingerprint density at radius 3 is 1.98 bits per heavy atom. The predicted molar refractivity (Wildman–Crippen MR) is 177 cm³/mol. The molecule has 3 rings (SSSR count). The third-order valence-electron chi connectivity index (χ3n) is 9.52. The van der Waals surface area contributed by atoms with Crippen molar-refractivity contribution in [2.45, 2.75) is 115 Å². The Morgan fingerprint density at radius 1 is 0.841 bits per heavy atom. The summed E-state index contributed by atoms with van der Waals surface area (Å²) >= 11 is 0. The number of rotatable bonds is 21. The van der Waals surface area contributed by atoms with Gasteiger partial charge in [-0.05, 0) is 93.7 Å². The Bertz CT molecular complexity index is 1150. The van der Waals surface area contributed by atoms with Crippen molar-refractivity contribution in [3.05, 3.63) is 59.4 Å². The molecule has 1 aliphatic heterocycles. The molecule has 0 saturated carbocycles. The molecule has 0 bridgehead atoms. The minimum atomic E-state index is -0.528. The van der Waals surface area contributed by atoms with Crippen LogP contribution < -0.4 is 9.47 Å². The van der Waals surface area contributed by atoms with E-state index in [2.05, 4.69) is 24.0 Å². The van der Waals surface area contributed by atoms with Gasteiger partial charge in [-0.1, -0.05) is 83.6 Å². The molecule has 44 heavy (non-hydrogen) atoms. The summed E-state index contributed by atoms with van der Waals surface area (Å²) < 4.78 is 24.3. The molecule has 0 amide bonds. The number of ketones is 1. The van der Waals surface area contributed by atoms with Crippen molar-refractivity contribution >= 4 is 5.78 Å². The molecule has 1 heterocycles. The van der Waals surface area contributed by atoms with Crippen LogP contribution in [-0.4, -0.2) is 44.5 Å². The number of unbranched alkanes of at least 4 members (excludes halogenated alkanes) is 10. The summed E-state index contributed by atoms with van der Waals surface area (Å²) in [6.07, 6.45) is 18.0. The summed E-state index contributed by atoms with van der Waals surface area (Å²) in [7, 11) is 3.29. The van der Waals surface area contributed by atoms with Gasteiger partial charge in [-0.15, -0.1) is 0 Å². The van der Waals surface area contributed by atoms with Crippen LogP contribution in [0.4, 0.5) is 4.39 Å². The molecule has 6 heteroatoms. The number of ether oxygens (including phenoxy) is 2. The van der Waals surface area contributed by atoms with Crippen LogP contribution in [0.2, 0.25) is 0 Å². The fourth-order valence-corrected chi connectivity index (χ4v) is 6.67. The van der Waals surface area contributed by atoms with E-state index >= 15 is 0 Å². The van der Waals surface area contributed by atoms with Gasteiger partial charge in [0.05, 0.1) is 25.7 Å². The highest BCUT2D eigenvalue weighted by Crippen LogP contribution is 2.39. The van der Waals surface area contributed by atoms with Crippen molar-refractivity contribution in [2.75, 3.05) is 33.9 Å². The highest BCUT2D eigenvalue weighted by atomic mass is 19.1. The van der Waals surface area contributed by atoms with Crippen molar-refractivity contribution in [3.63, 3.8) is 0 Å². The van der Waals surface area contributed by atoms with E-state index in [0.717, 1.165) is 76.6 Å². The number of Topliss-reactive ketones (excluding diaryl/α,β-unsaturated/α-hetero) is 1. The second-order valence-corrected chi connectivity index (χ2v) is 12.6. The zero-order valence-corrected chi connectivity index (χ0v) is 27.6. The van der Waals surface area contributed by atoms with Gasteiger partial charge in [-0.2, -0.15) is 5.26 Å². The molecule has 0 N–H and O–H groups in total. The first kappa shape index (κ1) is 35.6. The fraction of sp³-hybridized carbons (Fsp3) is 0.632. The molecule has 0 spiro atoms. The third kappa shape index (κ3) is 10.9. The number of hydrogen-bond donors (Lipinski definition) is 0. The van der Waals surface area contributed by atoms with Crippen LogP contribution in [0.25, 0.3) is 0 Å². The first-order valence-electron chi connectivity index (χ1n) is 17.1. The van der Waals surface area contributed by atoms with E-state index in [1.807, 2.05) is 12.1 Å². The third-order valence-corrected chi connectivity index (χ3v) is 9.52. The highest BCUT2D eigenvalue weighted by molar-refractivity contribution is 5.97. The maximum Gasteiger partial charge on any atom is 0.166 e. The van der Waals surface area contributed by atoms with Gasteiger partial charge in [0.2, 0.25) is 0 Å². The minimum Gasteiger partial charge on any atom is -0.493 e. The molecular weight excluding hydrogens is 551 g/mol. The van der Waals surface area contributed by atoms with Gasteiger partial charge in [0.25, 0.3) is 0 Å². The van der Waals surface area contributed by atoms with Crippen molar-refractivity contribution in [1.29, 1.82) is 5.26 Å². The topological polar surface area (TPSA) is 62.6 Å². The lowest BCUT2D eigenvalue weighted by Crippen LogP contribution is -2.37. The summed E-state index contributed by atoms with van der Waals surface area (Å²) in [4.78, 5) is 15.3. The van der Waals surface area contributed by atoms with Crippen molar-refractivity contribution in [2.24, 2.45) is 5.92 Å². The maximum atomic E-state index is 13.2. The molecule has 1 saturated heterocycles. The van der Waals surface area contributed by atoms with Crippen molar-refractivity contribution < 1.29 is 18.7 Å². The number of nitrogens with zero attached hydrogens (tertiary/aromatic N) is 2. The normalized spacial score (nSPS) is 15.4. The smallest absolute Gasteiger partial charge is 0.166 e. The number of nitriles is 1. The minimum absolute atomic E-state index is 0.0236. The summed E-state index contributed by atoms with van der Waals surface area (Å²) in [6, 6.07) is 14.7. The molecule has 1 aliphatic rings. The number of halogens is 1. The van der Waals surface area contributed by atoms with Gasteiger partial charge in [-0.25, -0.2) is 4.39 Å². The van der Waals surface area contributed by atoms with Crippen molar-refractivity contribution in [1.82, 2.24) is 4.90 Å². The molecule has 242 valence electrons. The van der Waals surface area contributed by atoms with Gasteiger partial charge < -0.3 is 14.4 Å². The molecule has 1 fully saturated rings. The zero-order chi connectivity index (χ0) is 31.6. The van der Waals surface area contributed by atoms with Gasteiger partial charge >= 0.3 is 0 Å². The Labute approximate surface area is 266 Å². The fourth-order valence-electron chi connectivity index (χ4n) is 6.67. The van der Waals surface area contributed by atoms with Crippen LogP contribution in [0.5, 0.6) is 11.5 Å². The maximum absolute atomic E-state index is 13.2. The molecule has 0 aromatic heterocycles. The van der Waals surface area contributed by atoms with E-state index in [1.165, 1.54) is 63.5 Å². The Balaban J connectivity index is 1.48. The van der Waals surface area contributed by atoms with Gasteiger partial charge in [0.15, 0.2) is 17.3 Å². The Hall–Kier alpha value is -2.91. The quantitative estimate of drug-likeness (QED) is 0.105. The molecule has 1 atom stereocenters. The van der Waals surface area contributed by atoms with Gasteiger partial charge in [0.1, 0.15) is 5.82 Å². The Kier molecular flexibility index (Phi) is 15.7. The Morgan fingerprint density at radius 2 is 1.41 bits per heavy atom. The number of carbonyl (C=O) groups excluding carboxylic acids is 1. The van der Waals surface area contributed by atoms with Gasteiger partial charge in [-0.3, -0.25) is 4.79 Å². The molecule has 2 aromatic rings. The standard InChI is InChI=1S/C38H55FN2O3/c1-4-5-6-7-8-9-10-11-13-24-38(30-40,33-18-21-35(43-2)36(29-33)44-3)25-14-12-15-26-41-27-22-32(23-28-41)37(42)31-16-19-34(39)20-17-31/h16-21,29,32H,4-15,22-28H2,1-3H3. The molecule has 0 radical (unpaired) electrons. The van der Waals surface area contributed by atoms with Crippen LogP contribution in [0.3, 0.4) is 0 Å². The predicted octanol–water partition coefficient (Wildman–Crippen LogP) is 9.68. The monoisotopic (exact) mass is 606 g/mol. The number of piperidine rings is 1. The number of hydrogen-bond acceptors (Lipinski definition) is 5. The first-order chi connectivity index (χ1) is 21.5. The summed E-state index contributed by atoms with van der Waals surface area (Å²) in [5.41, 5.74) is 1.12. The molecule has 2 aromatic carbocycles. The average Bonchev–Trinajstić information content (AvgIpc) is 3.06. The average molecular weight is 607 g/mol. The lowest BCUT2D eigenvalue weighted by atomic mass is 9.73. The van der Waals surface area contributed by atoms with E-state index in [9.17, 15) is 14.4 Å². The molecular formula is C38H55FN2O3. The van der Waals surface area contributed by atoms with Crippen LogP contribution in [0.1, 0.15) is 126 Å². The number of methoxy groups -OCH3 is 2. The molecule has 1 unspecified atom stereocenters. The summed E-state index contributed by atoms with van der Waals surface area (Å²) in [5.74, 6) is 1.22. The first-order valence-corrected chi connectivity index (χ1v) is 17.1. The number of benzene rings is 2. The van der Waals surface area contributed by atoms with E-state index in [-0.39, 0.29) is 17.5 Å². The SMILES string of the molecule is CCCCCCCCCCCC(C#N)(CCCCCN1CCC(C(=O)c2ccc(F)cc2)CC1)c1ccc(OC)c(OC)c1. The lowest BCUT2D eigenvalue weighted by molar-refractivity contribution is 0.0838. The second kappa shape index (κ2) is 19.5. The van der Waals surface area contributed by atoms with Crippen LogP contribution in [0.15, 0.2) is 42.5 Å². The lowest BCUT2D eigenvalue weighted by Gasteiger charge is -2.31. The largest absolute Gasteiger partial charge is 0.493 e. The second-order valence-electron chi connectivity index (χ2n) is 12.6. The highest BCUT2D eigenvalue weighted by Gasteiger charge is 2.32. The number of likely N-dealkylation sites (tertiary alicyclic amines) is 1. The summed E-state index contributed by atoms with van der Waals surface area (Å²) in [5, 5.41) is 10.6. The van der Waals surface area contributed by atoms with E-state index in [4.69, 9.17) is 9.47 Å².